The molecule has 0 bridgehead atoms. The maximum atomic E-state index is 11.0. The van der Waals surface area contributed by atoms with Crippen molar-refractivity contribution in [1.29, 1.82) is 0 Å². The van der Waals surface area contributed by atoms with Crippen molar-refractivity contribution >= 4 is 13.3 Å². The van der Waals surface area contributed by atoms with E-state index < -0.39 is 14.3 Å². The molecule has 1 unspecified atom stereocenters. The topological polar surface area (TPSA) is 55.8 Å². The first-order valence-electron chi connectivity index (χ1n) is 4.01. The summed E-state index contributed by atoms with van der Waals surface area (Å²) in [6, 6.07) is 6.75. The van der Waals surface area contributed by atoms with Crippen LogP contribution in [0.15, 0.2) is 24.3 Å². The molecule has 1 aromatic rings. The van der Waals surface area contributed by atoms with E-state index in [1.807, 2.05) is 0 Å². The molecule has 1 atom stereocenters. The van der Waals surface area contributed by atoms with Gasteiger partial charge in [0.1, 0.15) is 0 Å². The van der Waals surface area contributed by atoms with E-state index in [-0.39, 0.29) is 0 Å². The number of benzene rings is 1. The highest BCUT2D eigenvalue weighted by molar-refractivity contribution is 7.47. The molecule has 14 heavy (non-hydrogen) atoms. The predicted molar refractivity (Wildman–Crippen MR) is 52.7 cm³/mol. The quantitative estimate of drug-likeness (QED) is 0.608. The molecule has 0 fully saturated rings. The molecule has 0 heterocycles. The van der Waals surface area contributed by atoms with E-state index in [9.17, 15) is 4.57 Å². The molecule has 1 N–H and O–H groups in total. The molecule has 0 aliphatic carbocycles. The summed E-state index contributed by atoms with van der Waals surface area (Å²) >= 11 is 0. The third kappa shape index (κ3) is 2.36. The first kappa shape index (κ1) is 11.3. The molecule has 0 aliphatic heterocycles. The molecular weight excluding hydrogens is 203 g/mol. The number of hydrogen-bond donors (Lipinski definition) is 1. The summed E-state index contributed by atoms with van der Waals surface area (Å²) in [5.41, 5.74) is 0.584. The monoisotopic (exact) mass is 215 g/mol. The van der Waals surface area contributed by atoms with Gasteiger partial charge < -0.3 is 9.47 Å². The number of rotatable bonds is 4. The molecule has 5 heteroatoms. The summed E-state index contributed by atoms with van der Waals surface area (Å²) in [6.07, 6.45) is -0.600. The Morgan fingerprint density at radius 2 is 1.86 bits per heavy atom. The SMILES string of the molecule is COC(OC)c1ccccc1[P+](=O)O. The molecule has 1 aromatic carbocycles. The number of ether oxygens (including phenoxy) is 2. The zero-order valence-electron chi connectivity index (χ0n) is 8.01. The summed E-state index contributed by atoms with van der Waals surface area (Å²) in [6.45, 7) is 0. The van der Waals surface area contributed by atoms with Crippen LogP contribution >= 0.6 is 8.03 Å². The van der Waals surface area contributed by atoms with Crippen LogP contribution in [-0.4, -0.2) is 19.1 Å². The van der Waals surface area contributed by atoms with Crippen LogP contribution in [0.5, 0.6) is 0 Å². The maximum Gasteiger partial charge on any atom is 0.546 e. The molecule has 0 aliphatic rings. The third-order valence-electron chi connectivity index (χ3n) is 1.82. The lowest BCUT2D eigenvalue weighted by atomic mass is 10.2. The minimum atomic E-state index is -2.37. The fourth-order valence-electron chi connectivity index (χ4n) is 1.21. The highest BCUT2D eigenvalue weighted by atomic mass is 31.1. The van der Waals surface area contributed by atoms with Gasteiger partial charge in [-0.25, -0.2) is 0 Å². The van der Waals surface area contributed by atoms with E-state index >= 15 is 0 Å². The Kier molecular flexibility index (Phi) is 4.17. The van der Waals surface area contributed by atoms with E-state index in [2.05, 4.69) is 0 Å². The fourth-order valence-corrected chi connectivity index (χ4v) is 1.83. The molecule has 0 amide bonds. The van der Waals surface area contributed by atoms with Crippen molar-refractivity contribution in [2.75, 3.05) is 14.2 Å². The Labute approximate surface area is 83.3 Å². The van der Waals surface area contributed by atoms with Crippen LogP contribution in [0.1, 0.15) is 11.9 Å². The molecule has 76 valence electrons. The van der Waals surface area contributed by atoms with Crippen LogP contribution in [0.3, 0.4) is 0 Å². The minimum Gasteiger partial charge on any atom is -0.352 e. The van der Waals surface area contributed by atoms with Gasteiger partial charge in [-0.3, -0.25) is 0 Å². The smallest absolute Gasteiger partial charge is 0.352 e. The van der Waals surface area contributed by atoms with Crippen LogP contribution in [0, 0.1) is 0 Å². The van der Waals surface area contributed by atoms with E-state index in [0.717, 1.165) is 0 Å². The Morgan fingerprint density at radius 3 is 2.36 bits per heavy atom. The van der Waals surface area contributed by atoms with Crippen molar-refractivity contribution in [2.45, 2.75) is 6.29 Å². The minimum absolute atomic E-state index is 0.344. The predicted octanol–water partition coefficient (Wildman–Crippen LogP) is 1.34. The second-order valence-corrected chi connectivity index (χ2v) is 3.66. The van der Waals surface area contributed by atoms with Gasteiger partial charge in [0.15, 0.2) is 6.29 Å². The van der Waals surface area contributed by atoms with Crippen molar-refractivity contribution < 1.29 is 18.9 Å². The van der Waals surface area contributed by atoms with Gasteiger partial charge >= 0.3 is 8.03 Å². The van der Waals surface area contributed by atoms with Crippen molar-refractivity contribution in [2.24, 2.45) is 0 Å². The molecule has 4 nitrogen and oxygen atoms in total. The van der Waals surface area contributed by atoms with E-state index in [1.54, 1.807) is 24.3 Å². The molecule has 0 radical (unpaired) electrons. The molecule has 0 spiro atoms. The number of hydrogen-bond acceptors (Lipinski definition) is 3. The average Bonchev–Trinajstić information content (AvgIpc) is 2.20. The van der Waals surface area contributed by atoms with Gasteiger partial charge in [-0.1, -0.05) is 12.1 Å². The fraction of sp³-hybridized carbons (Fsp3) is 0.333. The Hall–Kier alpha value is -0.800. The lowest BCUT2D eigenvalue weighted by Crippen LogP contribution is -2.13. The third-order valence-corrected chi connectivity index (χ3v) is 2.64. The summed E-state index contributed by atoms with van der Waals surface area (Å²) < 4.78 is 21.0. The highest BCUT2D eigenvalue weighted by Gasteiger charge is 2.26. The summed E-state index contributed by atoms with van der Waals surface area (Å²) in [5, 5.41) is 0.344. The Bertz CT molecular complexity index is 322. The van der Waals surface area contributed by atoms with Crippen molar-refractivity contribution in [3.8, 4) is 0 Å². The lowest BCUT2D eigenvalue weighted by Gasteiger charge is -2.12. The summed E-state index contributed by atoms with van der Waals surface area (Å²) in [5.74, 6) is 0. The van der Waals surface area contributed by atoms with Crippen LogP contribution in [0.25, 0.3) is 0 Å². The zero-order valence-corrected chi connectivity index (χ0v) is 8.90. The first-order valence-corrected chi connectivity index (χ1v) is 5.22. The molecule has 0 aromatic heterocycles. The highest BCUT2D eigenvalue weighted by Crippen LogP contribution is 2.23. The van der Waals surface area contributed by atoms with Crippen LogP contribution in [0.4, 0.5) is 0 Å². The molecule has 1 rings (SSSR count). The van der Waals surface area contributed by atoms with Crippen LogP contribution < -0.4 is 5.30 Å². The van der Waals surface area contributed by atoms with E-state index in [0.29, 0.717) is 10.9 Å². The molecular formula is C9H12O4P+. The average molecular weight is 215 g/mol. The molecule has 0 saturated heterocycles. The zero-order chi connectivity index (χ0) is 10.6. The largest absolute Gasteiger partial charge is 0.546 e. The van der Waals surface area contributed by atoms with Crippen LogP contribution in [-0.2, 0) is 14.0 Å². The van der Waals surface area contributed by atoms with Gasteiger partial charge in [0.2, 0.25) is 5.30 Å². The van der Waals surface area contributed by atoms with Gasteiger partial charge in [-0.2, -0.15) is 4.89 Å². The number of methoxy groups -OCH3 is 2. The van der Waals surface area contributed by atoms with Gasteiger partial charge in [-0.15, -0.1) is 0 Å². The van der Waals surface area contributed by atoms with Crippen LogP contribution in [0.2, 0.25) is 0 Å². The Balaban J connectivity index is 3.11. The van der Waals surface area contributed by atoms with Crippen molar-refractivity contribution in [3.63, 3.8) is 0 Å². The van der Waals surface area contributed by atoms with Gasteiger partial charge in [0.25, 0.3) is 0 Å². The molecule has 0 saturated carbocycles. The second-order valence-electron chi connectivity index (χ2n) is 2.64. The van der Waals surface area contributed by atoms with Crippen molar-refractivity contribution in [1.82, 2.24) is 0 Å². The normalized spacial score (nSPS) is 11.9. The maximum absolute atomic E-state index is 11.0. The standard InChI is InChI=1S/C9H11O4P/c1-12-9(13-2)7-5-3-4-6-8(7)14(10)11/h3-6,9H,1-2H3/p+1. The van der Waals surface area contributed by atoms with Crippen molar-refractivity contribution in [3.05, 3.63) is 29.8 Å². The van der Waals surface area contributed by atoms with Gasteiger partial charge in [-0.05, 0) is 16.7 Å². The Morgan fingerprint density at radius 1 is 1.29 bits per heavy atom. The van der Waals surface area contributed by atoms with Gasteiger partial charge in [0.05, 0.1) is 5.56 Å². The van der Waals surface area contributed by atoms with Gasteiger partial charge in [0, 0.05) is 14.2 Å². The van der Waals surface area contributed by atoms with E-state index in [4.69, 9.17) is 14.4 Å². The van der Waals surface area contributed by atoms with E-state index in [1.165, 1.54) is 14.2 Å². The second kappa shape index (κ2) is 5.17. The summed E-state index contributed by atoms with van der Waals surface area (Å²) in [4.78, 5) is 9.04. The lowest BCUT2D eigenvalue weighted by molar-refractivity contribution is -0.105. The first-order chi connectivity index (χ1) is 6.70. The summed E-state index contributed by atoms with van der Waals surface area (Å²) in [7, 11) is 0.593.